The second-order valence-corrected chi connectivity index (χ2v) is 6.02. The molecule has 3 unspecified atom stereocenters. The first kappa shape index (κ1) is 11.1. The first-order valence-electron chi connectivity index (χ1n) is 6.22. The number of nitrogens with one attached hydrogen (secondary N) is 1. The number of hydrogen-bond acceptors (Lipinski definition) is 3. The number of halogens is 2. The van der Waals surface area contributed by atoms with Crippen LogP contribution in [0.2, 0.25) is 10.0 Å². The monoisotopic (exact) mass is 282 g/mol. The van der Waals surface area contributed by atoms with E-state index >= 15 is 0 Å². The molecule has 2 aromatic rings. The summed E-state index contributed by atoms with van der Waals surface area (Å²) in [5, 5.41) is 4.72. The van der Waals surface area contributed by atoms with Crippen molar-refractivity contribution < 1.29 is 4.42 Å². The molecule has 0 spiro atoms. The summed E-state index contributed by atoms with van der Waals surface area (Å²) in [4.78, 5) is 4.56. The molecule has 2 aliphatic heterocycles. The number of fused-ring (bicyclic) bond motifs is 3. The van der Waals surface area contributed by atoms with Crippen molar-refractivity contribution in [2.24, 2.45) is 0 Å². The van der Waals surface area contributed by atoms with Gasteiger partial charge >= 0.3 is 0 Å². The maximum atomic E-state index is 6.13. The molecular weight excluding hydrogens is 271 g/mol. The van der Waals surface area contributed by atoms with E-state index in [-0.39, 0.29) is 0 Å². The van der Waals surface area contributed by atoms with E-state index in [1.165, 1.54) is 12.8 Å². The quantitative estimate of drug-likeness (QED) is 0.866. The van der Waals surface area contributed by atoms with Gasteiger partial charge in [-0.15, -0.1) is 0 Å². The molecule has 1 N–H and O–H groups in total. The third-order valence-corrected chi connectivity index (χ3v) is 4.54. The predicted molar refractivity (Wildman–Crippen MR) is 71.3 cm³/mol. The highest BCUT2D eigenvalue weighted by Gasteiger charge is 2.42. The number of benzene rings is 1. The van der Waals surface area contributed by atoms with Gasteiger partial charge in [-0.05, 0) is 31.4 Å². The summed E-state index contributed by atoms with van der Waals surface area (Å²) < 4.78 is 5.85. The Hall–Kier alpha value is -0.770. The topological polar surface area (TPSA) is 38.1 Å². The number of oxazole rings is 1. The van der Waals surface area contributed by atoms with Crippen LogP contribution in [-0.4, -0.2) is 17.1 Å². The zero-order valence-corrected chi connectivity index (χ0v) is 11.1. The Morgan fingerprint density at radius 1 is 1.28 bits per heavy atom. The van der Waals surface area contributed by atoms with Gasteiger partial charge in [-0.2, -0.15) is 0 Å². The van der Waals surface area contributed by atoms with Gasteiger partial charge in [0.2, 0.25) is 0 Å². The minimum atomic E-state index is 0.381. The maximum Gasteiger partial charge on any atom is 0.200 e. The van der Waals surface area contributed by atoms with E-state index in [1.807, 2.05) is 0 Å². The fourth-order valence-electron chi connectivity index (χ4n) is 3.23. The molecule has 94 valence electrons. The molecule has 18 heavy (non-hydrogen) atoms. The van der Waals surface area contributed by atoms with Gasteiger partial charge in [0.25, 0.3) is 0 Å². The summed E-state index contributed by atoms with van der Waals surface area (Å²) in [6.07, 6.45) is 3.60. The van der Waals surface area contributed by atoms with Crippen LogP contribution in [0.5, 0.6) is 0 Å². The van der Waals surface area contributed by atoms with Gasteiger partial charge in [0.05, 0.1) is 10.9 Å². The summed E-state index contributed by atoms with van der Waals surface area (Å²) in [5.41, 5.74) is 1.41. The standard InChI is InChI=1S/C13H12Cl2N2O/c14-6-3-9(15)12-11(4-6)17-13(18-12)8-5-7-1-2-10(8)16-7/h3-4,7-8,10,16H,1-2,5H2. The van der Waals surface area contributed by atoms with Gasteiger partial charge < -0.3 is 9.73 Å². The Labute approximate surface area is 114 Å². The Balaban J connectivity index is 1.80. The van der Waals surface area contributed by atoms with Crippen molar-refractivity contribution in [3.8, 4) is 0 Å². The molecule has 0 aliphatic carbocycles. The van der Waals surface area contributed by atoms with Crippen LogP contribution in [-0.2, 0) is 0 Å². The van der Waals surface area contributed by atoms with Crippen LogP contribution in [0.15, 0.2) is 16.5 Å². The van der Waals surface area contributed by atoms with Crippen molar-refractivity contribution >= 4 is 34.3 Å². The zero-order valence-electron chi connectivity index (χ0n) is 9.62. The molecule has 0 saturated carbocycles. The first-order valence-corrected chi connectivity index (χ1v) is 6.98. The van der Waals surface area contributed by atoms with Gasteiger partial charge in [0, 0.05) is 17.1 Å². The predicted octanol–water partition coefficient (Wildman–Crippen LogP) is 3.74. The molecule has 1 aromatic carbocycles. The zero-order chi connectivity index (χ0) is 12.3. The fourth-order valence-corrected chi connectivity index (χ4v) is 3.75. The Bertz CT molecular complexity index is 625. The van der Waals surface area contributed by atoms with E-state index in [4.69, 9.17) is 27.6 Å². The lowest BCUT2D eigenvalue weighted by Gasteiger charge is -2.15. The van der Waals surface area contributed by atoms with Crippen LogP contribution >= 0.6 is 23.2 Å². The average Bonchev–Trinajstić information content (AvgIpc) is 3.01. The van der Waals surface area contributed by atoms with E-state index in [9.17, 15) is 0 Å². The normalized spacial score (nSPS) is 30.4. The highest BCUT2D eigenvalue weighted by Crippen LogP contribution is 2.41. The first-order chi connectivity index (χ1) is 8.70. The molecule has 2 aliphatic rings. The molecule has 1 aromatic heterocycles. The second kappa shape index (κ2) is 3.86. The highest BCUT2D eigenvalue weighted by molar-refractivity contribution is 6.37. The molecule has 0 radical (unpaired) electrons. The molecule has 3 atom stereocenters. The van der Waals surface area contributed by atoms with Crippen molar-refractivity contribution in [3.63, 3.8) is 0 Å². The van der Waals surface area contributed by atoms with Crippen molar-refractivity contribution in [3.05, 3.63) is 28.1 Å². The largest absolute Gasteiger partial charge is 0.439 e. The van der Waals surface area contributed by atoms with Crippen LogP contribution < -0.4 is 5.32 Å². The van der Waals surface area contributed by atoms with Gasteiger partial charge in [0.1, 0.15) is 5.52 Å². The van der Waals surface area contributed by atoms with Crippen LogP contribution in [0.3, 0.4) is 0 Å². The minimum Gasteiger partial charge on any atom is -0.439 e. The molecule has 4 rings (SSSR count). The van der Waals surface area contributed by atoms with E-state index in [1.54, 1.807) is 12.1 Å². The molecule has 2 fully saturated rings. The van der Waals surface area contributed by atoms with Crippen molar-refractivity contribution in [1.82, 2.24) is 10.3 Å². The van der Waals surface area contributed by atoms with Gasteiger partial charge in [-0.1, -0.05) is 23.2 Å². The Morgan fingerprint density at radius 2 is 2.17 bits per heavy atom. The summed E-state index contributed by atoms with van der Waals surface area (Å²) in [6, 6.07) is 4.64. The number of nitrogens with zero attached hydrogens (tertiary/aromatic N) is 1. The van der Waals surface area contributed by atoms with Crippen molar-refractivity contribution in [2.75, 3.05) is 0 Å². The minimum absolute atomic E-state index is 0.381. The lowest BCUT2D eigenvalue weighted by atomic mass is 9.89. The molecule has 2 saturated heterocycles. The van der Waals surface area contributed by atoms with Crippen LogP contribution in [0.1, 0.15) is 31.1 Å². The smallest absolute Gasteiger partial charge is 0.200 e. The average molecular weight is 283 g/mol. The lowest BCUT2D eigenvalue weighted by Crippen LogP contribution is -2.21. The molecular formula is C13H12Cl2N2O. The summed E-state index contributed by atoms with van der Waals surface area (Å²) in [5.74, 6) is 1.18. The summed E-state index contributed by atoms with van der Waals surface area (Å²) in [6.45, 7) is 0. The summed E-state index contributed by atoms with van der Waals surface area (Å²) in [7, 11) is 0. The second-order valence-electron chi connectivity index (χ2n) is 5.18. The van der Waals surface area contributed by atoms with Crippen LogP contribution in [0, 0.1) is 0 Å². The van der Waals surface area contributed by atoms with Crippen LogP contribution in [0.25, 0.3) is 11.1 Å². The third-order valence-electron chi connectivity index (χ3n) is 4.04. The van der Waals surface area contributed by atoms with Crippen molar-refractivity contribution in [1.29, 1.82) is 0 Å². The molecule has 3 heterocycles. The molecule has 2 bridgehead atoms. The number of rotatable bonds is 1. The van der Waals surface area contributed by atoms with E-state index < -0.39 is 0 Å². The molecule has 0 amide bonds. The fraction of sp³-hybridized carbons (Fsp3) is 0.462. The van der Waals surface area contributed by atoms with E-state index in [2.05, 4.69) is 10.3 Å². The maximum absolute atomic E-state index is 6.13. The lowest BCUT2D eigenvalue weighted by molar-refractivity contribution is 0.408. The SMILES string of the molecule is Clc1cc(Cl)c2oc(C3CC4CCC3N4)nc2c1. The van der Waals surface area contributed by atoms with Gasteiger partial charge in [-0.3, -0.25) is 0 Å². The van der Waals surface area contributed by atoms with Gasteiger partial charge in [-0.25, -0.2) is 4.98 Å². The van der Waals surface area contributed by atoms with E-state index in [0.717, 1.165) is 17.8 Å². The van der Waals surface area contributed by atoms with Crippen LogP contribution in [0.4, 0.5) is 0 Å². The van der Waals surface area contributed by atoms with Gasteiger partial charge in [0.15, 0.2) is 11.5 Å². The van der Waals surface area contributed by atoms with Crippen molar-refractivity contribution in [2.45, 2.75) is 37.3 Å². The number of hydrogen-bond donors (Lipinski definition) is 1. The molecule has 3 nitrogen and oxygen atoms in total. The van der Waals surface area contributed by atoms with E-state index in [0.29, 0.717) is 33.6 Å². The number of aromatic nitrogens is 1. The Kier molecular flexibility index (Phi) is 2.38. The third kappa shape index (κ3) is 1.58. The summed E-state index contributed by atoms with van der Waals surface area (Å²) >= 11 is 12.1. The highest BCUT2D eigenvalue weighted by atomic mass is 35.5. The molecule has 5 heteroatoms. The Morgan fingerprint density at radius 3 is 2.89 bits per heavy atom.